The zero-order valence-corrected chi connectivity index (χ0v) is 11.1. The molecule has 0 bridgehead atoms. The average molecular weight is 191 g/mol. The molecule has 0 aliphatic rings. The highest BCUT2D eigenvalue weighted by molar-refractivity contribution is 4.24. The summed E-state index contributed by atoms with van der Waals surface area (Å²) in [6, 6.07) is 0. The van der Waals surface area contributed by atoms with Gasteiger partial charge >= 0.3 is 0 Å². The molecule has 0 atom stereocenters. The summed E-state index contributed by atoms with van der Waals surface area (Å²) < 4.78 is 0. The topological polar surface area (TPSA) is 26.0 Å². The minimum absolute atomic E-state index is 1.25. The predicted molar refractivity (Wildman–Crippen MR) is 67.2 cm³/mol. The van der Waals surface area contributed by atoms with Crippen LogP contribution in [0.3, 0.4) is 0 Å². The SMILES string of the molecule is CCC.CCC.CCCCC.CN. The summed E-state index contributed by atoms with van der Waals surface area (Å²) >= 11 is 0. The molecule has 1 heteroatoms. The lowest BCUT2D eigenvalue weighted by Crippen LogP contribution is -1.69. The summed E-state index contributed by atoms with van der Waals surface area (Å²) in [6.07, 6.45) is 6.58. The van der Waals surface area contributed by atoms with E-state index in [4.69, 9.17) is 0 Å². The number of rotatable bonds is 2. The summed E-state index contributed by atoms with van der Waals surface area (Å²) in [5.74, 6) is 0. The Hall–Kier alpha value is -0.0400. The van der Waals surface area contributed by atoms with Crippen molar-refractivity contribution in [3.05, 3.63) is 0 Å². The average Bonchev–Trinajstić information content (AvgIpc) is 2.12. The molecule has 0 aromatic carbocycles. The number of nitrogens with two attached hydrogens (primary N) is 1. The van der Waals surface area contributed by atoms with E-state index >= 15 is 0 Å². The van der Waals surface area contributed by atoms with Gasteiger partial charge in [0, 0.05) is 0 Å². The molecule has 0 saturated carbocycles. The van der Waals surface area contributed by atoms with Crippen molar-refractivity contribution >= 4 is 0 Å². The van der Waals surface area contributed by atoms with Crippen LogP contribution >= 0.6 is 0 Å². The fraction of sp³-hybridized carbons (Fsp3) is 1.00. The molecule has 0 spiro atoms. The Balaban J connectivity index is -0.0000000446. The first-order chi connectivity index (χ1) is 6.24. The van der Waals surface area contributed by atoms with E-state index in [2.05, 4.69) is 47.3 Å². The second-order valence-electron chi connectivity index (χ2n) is 2.77. The van der Waals surface area contributed by atoms with Gasteiger partial charge in [-0.15, -0.1) is 0 Å². The molecular weight excluding hydrogens is 158 g/mol. The Labute approximate surface area is 87.1 Å². The summed E-state index contributed by atoms with van der Waals surface area (Å²) in [7, 11) is 1.50. The molecular formula is C12H33N. The van der Waals surface area contributed by atoms with Gasteiger partial charge in [0.1, 0.15) is 0 Å². The molecule has 0 rings (SSSR count). The summed E-state index contributed by atoms with van der Waals surface area (Å²) in [4.78, 5) is 0. The fourth-order valence-corrected chi connectivity index (χ4v) is 0.354. The van der Waals surface area contributed by atoms with Crippen molar-refractivity contribution in [1.82, 2.24) is 0 Å². The Morgan fingerprint density at radius 2 is 0.769 bits per heavy atom. The van der Waals surface area contributed by atoms with Gasteiger partial charge < -0.3 is 5.73 Å². The normalized spacial score (nSPS) is 6.46. The van der Waals surface area contributed by atoms with Gasteiger partial charge in [0.25, 0.3) is 0 Å². The van der Waals surface area contributed by atoms with Crippen LogP contribution < -0.4 is 5.73 Å². The van der Waals surface area contributed by atoms with Crippen LogP contribution in [0.5, 0.6) is 0 Å². The summed E-state index contributed by atoms with van der Waals surface area (Å²) in [6.45, 7) is 12.9. The monoisotopic (exact) mass is 191 g/mol. The van der Waals surface area contributed by atoms with E-state index in [0.717, 1.165) is 0 Å². The third-order valence-electron chi connectivity index (χ3n) is 0.707. The summed E-state index contributed by atoms with van der Waals surface area (Å²) in [5.41, 5.74) is 4.50. The highest BCUT2D eigenvalue weighted by Crippen LogP contribution is 1.88. The van der Waals surface area contributed by atoms with E-state index in [0.29, 0.717) is 0 Å². The van der Waals surface area contributed by atoms with E-state index < -0.39 is 0 Å². The predicted octanol–water partition coefficient (Wildman–Crippen LogP) is 4.60. The van der Waals surface area contributed by atoms with Gasteiger partial charge in [0.05, 0.1) is 0 Å². The van der Waals surface area contributed by atoms with Crippen molar-refractivity contribution in [1.29, 1.82) is 0 Å². The van der Waals surface area contributed by atoms with Crippen molar-refractivity contribution in [2.75, 3.05) is 7.05 Å². The molecule has 0 aromatic heterocycles. The van der Waals surface area contributed by atoms with Crippen molar-refractivity contribution in [2.45, 2.75) is 73.6 Å². The van der Waals surface area contributed by atoms with E-state index in [-0.39, 0.29) is 0 Å². The molecule has 0 fully saturated rings. The first-order valence-corrected chi connectivity index (χ1v) is 5.82. The van der Waals surface area contributed by atoms with Crippen LogP contribution in [0, 0.1) is 0 Å². The lowest BCUT2D eigenvalue weighted by molar-refractivity contribution is 0.772. The quantitative estimate of drug-likeness (QED) is 0.678. The van der Waals surface area contributed by atoms with Gasteiger partial charge in [0.2, 0.25) is 0 Å². The van der Waals surface area contributed by atoms with Gasteiger partial charge in [-0.25, -0.2) is 0 Å². The van der Waals surface area contributed by atoms with Gasteiger partial charge in [-0.1, -0.05) is 73.6 Å². The van der Waals surface area contributed by atoms with E-state index in [1.807, 2.05) is 0 Å². The molecule has 0 heterocycles. The van der Waals surface area contributed by atoms with Crippen LogP contribution in [0.15, 0.2) is 0 Å². The molecule has 86 valence electrons. The zero-order valence-electron chi connectivity index (χ0n) is 11.1. The number of hydrogen-bond acceptors (Lipinski definition) is 1. The van der Waals surface area contributed by atoms with Gasteiger partial charge in [-0.05, 0) is 7.05 Å². The maximum Gasteiger partial charge on any atom is -0.0195 e. The largest absolute Gasteiger partial charge is 0.333 e. The Morgan fingerprint density at radius 3 is 0.769 bits per heavy atom. The van der Waals surface area contributed by atoms with E-state index in [1.165, 1.54) is 39.2 Å². The van der Waals surface area contributed by atoms with Crippen molar-refractivity contribution in [3.8, 4) is 0 Å². The number of unbranched alkanes of at least 4 members (excludes halogenated alkanes) is 2. The van der Waals surface area contributed by atoms with Crippen molar-refractivity contribution in [3.63, 3.8) is 0 Å². The standard InChI is InChI=1S/C5H12.2C3H8.CH5N/c1-3-5-4-2;2*1-3-2;1-2/h3-5H2,1-2H3;2*3H2,1-2H3;2H2,1H3. The molecule has 0 amide bonds. The molecule has 0 saturated heterocycles. The minimum atomic E-state index is 1.25. The lowest BCUT2D eigenvalue weighted by Gasteiger charge is -1.79. The van der Waals surface area contributed by atoms with Crippen molar-refractivity contribution in [2.24, 2.45) is 5.73 Å². The first kappa shape index (κ1) is 23.1. The fourth-order valence-electron chi connectivity index (χ4n) is 0.354. The maximum atomic E-state index is 4.50. The maximum absolute atomic E-state index is 4.50. The van der Waals surface area contributed by atoms with E-state index in [1.54, 1.807) is 0 Å². The molecule has 0 aliphatic carbocycles. The highest BCUT2D eigenvalue weighted by atomic mass is 14.4. The van der Waals surface area contributed by atoms with Gasteiger partial charge in [-0.2, -0.15) is 0 Å². The van der Waals surface area contributed by atoms with E-state index in [9.17, 15) is 0 Å². The van der Waals surface area contributed by atoms with Gasteiger partial charge in [-0.3, -0.25) is 0 Å². The Kier molecular flexibility index (Phi) is 104. The van der Waals surface area contributed by atoms with Gasteiger partial charge in [0.15, 0.2) is 0 Å². The molecule has 2 N–H and O–H groups in total. The lowest BCUT2D eigenvalue weighted by atomic mass is 10.3. The van der Waals surface area contributed by atoms with Crippen LogP contribution in [-0.2, 0) is 0 Å². The van der Waals surface area contributed by atoms with Crippen LogP contribution in [0.2, 0.25) is 0 Å². The Bertz CT molecular complexity index is 24.3. The van der Waals surface area contributed by atoms with Crippen LogP contribution in [0.25, 0.3) is 0 Å². The smallest absolute Gasteiger partial charge is 0.0195 e. The highest BCUT2D eigenvalue weighted by Gasteiger charge is 1.68. The second-order valence-corrected chi connectivity index (χ2v) is 2.77. The second kappa shape index (κ2) is 58.4. The Morgan fingerprint density at radius 1 is 0.615 bits per heavy atom. The molecule has 0 aliphatic heterocycles. The van der Waals surface area contributed by atoms with Crippen LogP contribution in [-0.4, -0.2) is 7.05 Å². The molecule has 0 aromatic rings. The molecule has 0 radical (unpaired) electrons. The minimum Gasteiger partial charge on any atom is -0.333 e. The third-order valence-corrected chi connectivity index (χ3v) is 0.707. The first-order valence-electron chi connectivity index (χ1n) is 5.82. The third kappa shape index (κ3) is 309. The number of hydrogen-bond donors (Lipinski definition) is 1. The molecule has 13 heavy (non-hydrogen) atoms. The van der Waals surface area contributed by atoms with Crippen LogP contribution in [0.4, 0.5) is 0 Å². The summed E-state index contributed by atoms with van der Waals surface area (Å²) in [5, 5.41) is 0. The zero-order chi connectivity index (χ0) is 11.5. The molecule has 0 unspecified atom stereocenters. The molecule has 1 nitrogen and oxygen atoms in total. The van der Waals surface area contributed by atoms with Crippen LogP contribution in [0.1, 0.15) is 73.6 Å². The van der Waals surface area contributed by atoms with Crippen molar-refractivity contribution < 1.29 is 0 Å².